The normalized spacial score (nSPS) is 10.9. The Kier molecular flexibility index (Phi) is 3.48. The first-order chi connectivity index (χ1) is 9.41. The van der Waals surface area contributed by atoms with E-state index in [2.05, 4.69) is 10.3 Å². The van der Waals surface area contributed by atoms with Crippen molar-refractivity contribution >= 4 is 11.6 Å². The summed E-state index contributed by atoms with van der Waals surface area (Å²) in [4.78, 5) is 14.4. The smallest absolute Gasteiger partial charge is 0.367 e. The molecule has 2 aromatic rings. The third kappa shape index (κ3) is 2.80. The van der Waals surface area contributed by atoms with Gasteiger partial charge in [-0.1, -0.05) is 0 Å². The number of halogens is 3. The minimum absolute atomic E-state index is 0.0254. The third-order valence-corrected chi connectivity index (χ3v) is 2.56. The zero-order chi connectivity index (χ0) is 14.8. The van der Waals surface area contributed by atoms with Gasteiger partial charge in [-0.3, -0.25) is 4.79 Å². The Labute approximate surface area is 111 Å². The van der Waals surface area contributed by atoms with Gasteiger partial charge in [0, 0.05) is 18.1 Å². The number of amides is 1. The summed E-state index contributed by atoms with van der Waals surface area (Å²) in [5, 5.41) is 11.0. The van der Waals surface area contributed by atoms with Crippen molar-refractivity contribution in [2.24, 2.45) is 0 Å². The Morgan fingerprint density at radius 3 is 2.60 bits per heavy atom. The van der Waals surface area contributed by atoms with Crippen LogP contribution in [0.25, 0.3) is 0 Å². The molecule has 0 aliphatic carbocycles. The molecule has 0 aliphatic heterocycles. The number of carbonyl (C=O) groups is 1. The second-order valence-corrected chi connectivity index (χ2v) is 3.92. The average Bonchev–Trinajstić information content (AvgIpc) is 2.91. The van der Waals surface area contributed by atoms with Crippen molar-refractivity contribution < 1.29 is 18.0 Å². The molecule has 4 nitrogen and oxygen atoms in total. The summed E-state index contributed by atoms with van der Waals surface area (Å²) in [5.74, 6) is -0.538. The van der Waals surface area contributed by atoms with Crippen LogP contribution in [0, 0.1) is 11.3 Å². The lowest BCUT2D eigenvalue weighted by Crippen LogP contribution is -2.13. The molecule has 1 aromatic heterocycles. The first kappa shape index (κ1) is 13.7. The van der Waals surface area contributed by atoms with E-state index in [-0.39, 0.29) is 5.69 Å². The first-order valence-corrected chi connectivity index (χ1v) is 5.47. The number of nitriles is 1. The Bertz CT molecular complexity index is 669. The molecule has 102 valence electrons. The molecule has 20 heavy (non-hydrogen) atoms. The summed E-state index contributed by atoms with van der Waals surface area (Å²) in [5.41, 5.74) is -1.30. The summed E-state index contributed by atoms with van der Waals surface area (Å²) >= 11 is 0. The van der Waals surface area contributed by atoms with Gasteiger partial charge in [-0.2, -0.15) is 18.4 Å². The van der Waals surface area contributed by atoms with Gasteiger partial charge in [-0.25, -0.2) is 0 Å². The highest BCUT2D eigenvalue weighted by Crippen LogP contribution is 2.33. The number of benzene rings is 1. The van der Waals surface area contributed by atoms with Gasteiger partial charge in [-0.15, -0.1) is 0 Å². The number of alkyl halides is 3. The van der Waals surface area contributed by atoms with Crippen molar-refractivity contribution in [2.75, 3.05) is 5.32 Å². The molecule has 0 spiro atoms. The second-order valence-electron chi connectivity index (χ2n) is 3.92. The molecule has 2 rings (SSSR count). The Hall–Kier alpha value is -2.75. The van der Waals surface area contributed by atoms with Gasteiger partial charge in [0.25, 0.3) is 5.91 Å². The summed E-state index contributed by atoms with van der Waals surface area (Å²) < 4.78 is 38.3. The quantitative estimate of drug-likeness (QED) is 0.886. The number of rotatable bonds is 2. The van der Waals surface area contributed by atoms with Gasteiger partial charge >= 0.3 is 6.18 Å². The maximum absolute atomic E-state index is 12.8. The lowest BCUT2D eigenvalue weighted by atomic mass is 10.1. The number of carbonyl (C=O) groups excluding carboxylic acids is 1. The molecule has 0 saturated heterocycles. The minimum atomic E-state index is -4.65. The van der Waals surface area contributed by atoms with Gasteiger partial charge < -0.3 is 10.3 Å². The first-order valence-electron chi connectivity index (χ1n) is 5.47. The zero-order valence-corrected chi connectivity index (χ0v) is 9.95. The van der Waals surface area contributed by atoms with Gasteiger partial charge in [0.1, 0.15) is 0 Å². The fourth-order valence-electron chi connectivity index (χ4n) is 1.62. The van der Waals surface area contributed by atoms with Crippen LogP contribution in [0.5, 0.6) is 0 Å². The Morgan fingerprint density at radius 2 is 2.05 bits per heavy atom. The van der Waals surface area contributed by atoms with Crippen LogP contribution >= 0.6 is 0 Å². The number of hydrogen-bond acceptors (Lipinski definition) is 2. The number of anilines is 1. The van der Waals surface area contributed by atoms with E-state index in [1.807, 2.05) is 0 Å². The van der Waals surface area contributed by atoms with Gasteiger partial charge in [-0.05, 0) is 24.3 Å². The average molecular weight is 279 g/mol. The van der Waals surface area contributed by atoms with Crippen LogP contribution in [0.15, 0.2) is 36.7 Å². The predicted octanol–water partition coefficient (Wildman–Crippen LogP) is 3.16. The van der Waals surface area contributed by atoms with E-state index in [0.717, 1.165) is 12.1 Å². The summed E-state index contributed by atoms with van der Waals surface area (Å²) in [6.45, 7) is 0. The molecule has 1 aromatic carbocycles. The molecule has 0 radical (unpaired) electrons. The second kappa shape index (κ2) is 5.09. The summed E-state index contributed by atoms with van der Waals surface area (Å²) in [6.07, 6.45) is -1.71. The molecule has 1 amide bonds. The van der Waals surface area contributed by atoms with Crippen molar-refractivity contribution in [2.45, 2.75) is 6.18 Å². The van der Waals surface area contributed by atoms with Crippen LogP contribution in [0.3, 0.4) is 0 Å². The van der Waals surface area contributed by atoms with E-state index in [4.69, 9.17) is 5.26 Å². The summed E-state index contributed by atoms with van der Waals surface area (Å²) in [6, 6.07) is 5.97. The number of aromatic amines is 1. The zero-order valence-electron chi connectivity index (χ0n) is 9.95. The molecule has 0 atom stereocenters. The number of H-pyrrole nitrogens is 1. The highest BCUT2D eigenvalue weighted by molar-refractivity contribution is 6.04. The number of hydrogen-bond donors (Lipinski definition) is 2. The van der Waals surface area contributed by atoms with E-state index in [9.17, 15) is 18.0 Å². The predicted molar refractivity (Wildman–Crippen MR) is 64.9 cm³/mol. The van der Waals surface area contributed by atoms with Gasteiger partial charge in [0.05, 0.1) is 22.8 Å². The van der Waals surface area contributed by atoms with Crippen LogP contribution < -0.4 is 5.32 Å². The maximum atomic E-state index is 12.8. The molecule has 2 N–H and O–H groups in total. The van der Waals surface area contributed by atoms with Crippen LogP contribution in [0.4, 0.5) is 18.9 Å². The lowest BCUT2D eigenvalue weighted by molar-refractivity contribution is -0.137. The van der Waals surface area contributed by atoms with E-state index in [1.54, 1.807) is 0 Å². The third-order valence-electron chi connectivity index (χ3n) is 2.56. The van der Waals surface area contributed by atoms with Crippen LogP contribution in [-0.2, 0) is 6.18 Å². The molecule has 0 unspecified atom stereocenters. The Morgan fingerprint density at radius 1 is 1.30 bits per heavy atom. The maximum Gasteiger partial charge on any atom is 0.417 e. The number of aromatic nitrogens is 1. The highest BCUT2D eigenvalue weighted by atomic mass is 19.4. The molecule has 0 fully saturated rings. The fourth-order valence-corrected chi connectivity index (χ4v) is 1.62. The largest absolute Gasteiger partial charge is 0.417 e. The van der Waals surface area contributed by atoms with Crippen LogP contribution in [-0.4, -0.2) is 10.9 Å². The molecule has 0 bridgehead atoms. The van der Waals surface area contributed by atoms with Crippen molar-refractivity contribution in [3.05, 3.63) is 53.3 Å². The molecular formula is C13H8F3N3O. The van der Waals surface area contributed by atoms with E-state index in [0.29, 0.717) is 5.56 Å². The number of nitrogens with zero attached hydrogens (tertiary/aromatic N) is 1. The van der Waals surface area contributed by atoms with Crippen molar-refractivity contribution in [3.8, 4) is 6.07 Å². The standard InChI is InChI=1S/C13H8F3N3O/c14-13(15,16)11-5-10(2-1-8(11)6-17)19-12(20)9-3-4-18-7-9/h1-5,7,18H,(H,19,20). The Balaban J connectivity index is 2.31. The SMILES string of the molecule is N#Cc1ccc(NC(=O)c2cc[nH]c2)cc1C(F)(F)F. The van der Waals surface area contributed by atoms with Crippen molar-refractivity contribution in [1.82, 2.24) is 4.98 Å². The summed E-state index contributed by atoms with van der Waals surface area (Å²) in [7, 11) is 0. The van der Waals surface area contributed by atoms with Crippen LogP contribution in [0.2, 0.25) is 0 Å². The molecule has 0 saturated carbocycles. The molecule has 7 heteroatoms. The minimum Gasteiger partial charge on any atom is -0.367 e. The van der Waals surface area contributed by atoms with E-state index < -0.39 is 23.2 Å². The van der Waals surface area contributed by atoms with Crippen LogP contribution in [0.1, 0.15) is 21.5 Å². The number of nitrogens with one attached hydrogen (secondary N) is 2. The van der Waals surface area contributed by atoms with E-state index >= 15 is 0 Å². The lowest BCUT2D eigenvalue weighted by Gasteiger charge is -2.11. The highest BCUT2D eigenvalue weighted by Gasteiger charge is 2.33. The fraction of sp³-hybridized carbons (Fsp3) is 0.0769. The topological polar surface area (TPSA) is 68.7 Å². The monoisotopic (exact) mass is 279 g/mol. The van der Waals surface area contributed by atoms with Crippen molar-refractivity contribution in [1.29, 1.82) is 5.26 Å². The molecule has 0 aliphatic rings. The molecule has 1 heterocycles. The van der Waals surface area contributed by atoms with Gasteiger partial charge in [0.2, 0.25) is 0 Å². The van der Waals surface area contributed by atoms with Gasteiger partial charge in [0.15, 0.2) is 0 Å². The van der Waals surface area contributed by atoms with Crippen molar-refractivity contribution in [3.63, 3.8) is 0 Å². The molecular weight excluding hydrogens is 271 g/mol. The van der Waals surface area contributed by atoms with E-state index in [1.165, 1.54) is 30.6 Å².